The minimum absolute atomic E-state index is 0.193. The molecule has 1 atom stereocenters. The Kier molecular flexibility index (Phi) is 7.88. The summed E-state index contributed by atoms with van der Waals surface area (Å²) < 4.78 is 34.2. The standard InChI is InChI=1S/C30H24BrNO2P2S/c31-29-23-13-14-24-30(29)36(27-19-9-3-10-20-27,32-37(33,34)28-21-11-4-12-22-28)35(25-15-5-1-6-16-25)26-17-7-2-8-18-26/h1-24H. The molecule has 0 saturated carbocycles. The molecular formula is C30H24BrNO2P2S. The number of halogens is 1. The third-order valence-electron chi connectivity index (χ3n) is 5.86. The first kappa shape index (κ1) is 25.8. The van der Waals surface area contributed by atoms with Gasteiger partial charge >= 0.3 is 0 Å². The molecule has 0 radical (unpaired) electrons. The lowest BCUT2D eigenvalue weighted by molar-refractivity contribution is 0.598. The van der Waals surface area contributed by atoms with Gasteiger partial charge in [0.05, 0.1) is 11.6 Å². The molecule has 3 nitrogen and oxygen atoms in total. The minimum Gasteiger partial charge on any atom is -0.199 e. The molecule has 37 heavy (non-hydrogen) atoms. The van der Waals surface area contributed by atoms with Crippen LogP contribution >= 0.6 is 30.3 Å². The van der Waals surface area contributed by atoms with Gasteiger partial charge in [-0.1, -0.05) is 143 Å². The average molecular weight is 604 g/mol. The summed E-state index contributed by atoms with van der Waals surface area (Å²) in [6.07, 6.45) is 0. The number of hydrogen-bond donors (Lipinski definition) is 0. The average Bonchev–Trinajstić information content (AvgIpc) is 2.95. The van der Waals surface area contributed by atoms with Crippen molar-refractivity contribution in [3.8, 4) is 0 Å². The summed E-state index contributed by atoms with van der Waals surface area (Å²) >= 11 is 3.79. The van der Waals surface area contributed by atoms with Crippen LogP contribution in [-0.4, -0.2) is 8.42 Å². The quantitative estimate of drug-likeness (QED) is 0.187. The predicted octanol–water partition coefficient (Wildman–Crippen LogP) is 7.04. The van der Waals surface area contributed by atoms with Crippen molar-refractivity contribution in [3.63, 3.8) is 0 Å². The molecule has 5 rings (SSSR count). The minimum atomic E-state index is -4.02. The van der Waals surface area contributed by atoms with Crippen molar-refractivity contribution in [3.05, 3.63) is 150 Å². The lowest BCUT2D eigenvalue weighted by Gasteiger charge is -2.35. The molecule has 5 aromatic rings. The van der Waals surface area contributed by atoms with Crippen molar-refractivity contribution in [1.29, 1.82) is 0 Å². The molecule has 0 N–H and O–H groups in total. The van der Waals surface area contributed by atoms with E-state index in [0.717, 1.165) is 25.7 Å². The number of benzene rings is 5. The Hall–Kier alpha value is -2.81. The Morgan fingerprint density at radius 3 is 1.51 bits per heavy atom. The maximum absolute atomic E-state index is 14.1. The van der Waals surface area contributed by atoms with Gasteiger partial charge in [0.2, 0.25) is 0 Å². The molecule has 184 valence electrons. The van der Waals surface area contributed by atoms with Crippen LogP contribution in [0.3, 0.4) is 0 Å². The summed E-state index contributed by atoms with van der Waals surface area (Å²) in [5.41, 5.74) is 0. The van der Waals surface area contributed by atoms with E-state index in [4.69, 9.17) is 4.15 Å². The van der Waals surface area contributed by atoms with Gasteiger partial charge in [-0.15, -0.1) is 0 Å². The second-order valence-corrected chi connectivity index (χ2v) is 18.0. The number of rotatable bonds is 7. The summed E-state index contributed by atoms with van der Waals surface area (Å²) in [6, 6.07) is 46.8. The van der Waals surface area contributed by atoms with Crippen LogP contribution in [0, 0.1) is 0 Å². The summed E-state index contributed by atoms with van der Waals surface area (Å²) in [5, 5.41) is 3.96. The van der Waals surface area contributed by atoms with Crippen molar-refractivity contribution in [2.75, 3.05) is 0 Å². The summed E-state index contributed by atoms with van der Waals surface area (Å²) in [5.74, 6) is 0. The van der Waals surface area contributed by atoms with Crippen molar-refractivity contribution < 1.29 is 8.42 Å². The Bertz CT molecular complexity index is 1610. The highest BCUT2D eigenvalue weighted by molar-refractivity contribution is 9.10. The summed E-state index contributed by atoms with van der Waals surface area (Å²) in [7, 11) is -5.31. The Balaban J connectivity index is 2.01. The van der Waals surface area contributed by atoms with Gasteiger partial charge in [0.25, 0.3) is 10.0 Å². The molecule has 0 bridgehead atoms. The zero-order chi connectivity index (χ0) is 25.7. The zero-order valence-corrected chi connectivity index (χ0v) is 24.0. The summed E-state index contributed by atoms with van der Waals surface area (Å²) in [4.78, 5) is 0.193. The topological polar surface area (TPSA) is 46.5 Å². The fourth-order valence-electron chi connectivity index (χ4n) is 4.25. The molecule has 0 aliphatic carbocycles. The molecule has 0 amide bonds. The van der Waals surface area contributed by atoms with Gasteiger partial charge in [-0.3, -0.25) is 0 Å². The molecule has 7 heteroatoms. The van der Waals surface area contributed by atoms with E-state index >= 15 is 0 Å². The molecular weight excluding hydrogens is 580 g/mol. The number of sulfonamides is 1. The smallest absolute Gasteiger partial charge is 0.199 e. The van der Waals surface area contributed by atoms with Crippen LogP contribution < -0.4 is 21.2 Å². The SMILES string of the molecule is O=S(=O)(N=P(c1ccccc1)(c1ccccc1Br)P(c1ccccc1)c1ccccc1)c1ccccc1. The summed E-state index contributed by atoms with van der Waals surface area (Å²) in [6.45, 7) is -3.02. The first-order chi connectivity index (χ1) is 18.0. The lowest BCUT2D eigenvalue weighted by Crippen LogP contribution is -2.24. The van der Waals surface area contributed by atoms with E-state index in [9.17, 15) is 8.42 Å². The van der Waals surface area contributed by atoms with E-state index in [1.54, 1.807) is 24.3 Å². The molecule has 1 unspecified atom stereocenters. The Morgan fingerprint density at radius 2 is 1.00 bits per heavy atom. The van der Waals surface area contributed by atoms with E-state index in [-0.39, 0.29) is 4.90 Å². The molecule has 0 fully saturated rings. The first-order valence-electron chi connectivity index (χ1n) is 11.7. The third kappa shape index (κ3) is 5.28. The molecule has 0 aliphatic rings. The predicted molar refractivity (Wildman–Crippen MR) is 162 cm³/mol. The largest absolute Gasteiger partial charge is 0.281 e. The number of hydrogen-bond acceptors (Lipinski definition) is 2. The zero-order valence-electron chi connectivity index (χ0n) is 19.8. The van der Waals surface area contributed by atoms with Gasteiger partial charge in [-0.25, -0.2) is 0 Å². The fourth-order valence-corrected chi connectivity index (χ4v) is 19.3. The first-order valence-corrected chi connectivity index (χ1v) is 17.7. The van der Waals surface area contributed by atoms with Crippen LogP contribution in [0.4, 0.5) is 0 Å². The fraction of sp³-hybridized carbons (Fsp3) is 0. The van der Waals surface area contributed by atoms with Gasteiger partial charge in [0, 0.05) is 22.7 Å². The van der Waals surface area contributed by atoms with Gasteiger partial charge in [0.1, 0.15) is 0 Å². The van der Waals surface area contributed by atoms with Crippen LogP contribution in [0.15, 0.2) is 159 Å². The van der Waals surface area contributed by atoms with E-state index < -0.39 is 24.4 Å². The Morgan fingerprint density at radius 1 is 0.568 bits per heavy atom. The maximum atomic E-state index is 14.1. The van der Waals surface area contributed by atoms with Crippen molar-refractivity contribution >= 4 is 61.5 Å². The van der Waals surface area contributed by atoms with Crippen LogP contribution in [0.1, 0.15) is 0 Å². The van der Waals surface area contributed by atoms with E-state index in [0.29, 0.717) is 0 Å². The number of nitrogens with zero attached hydrogens (tertiary/aromatic N) is 1. The molecule has 0 saturated heterocycles. The Labute approximate surface area is 228 Å². The highest BCUT2D eigenvalue weighted by atomic mass is 79.9. The van der Waals surface area contributed by atoms with E-state index in [1.165, 1.54) is 0 Å². The highest BCUT2D eigenvalue weighted by Gasteiger charge is 2.40. The molecule has 0 aliphatic heterocycles. The second kappa shape index (κ2) is 11.3. The molecule has 0 heterocycles. The van der Waals surface area contributed by atoms with Crippen molar-refractivity contribution in [2.24, 2.45) is 4.15 Å². The third-order valence-corrected chi connectivity index (χ3v) is 18.9. The van der Waals surface area contributed by atoms with E-state index in [1.807, 2.05) is 97.1 Å². The molecule has 5 aromatic carbocycles. The van der Waals surface area contributed by atoms with Gasteiger partial charge in [-0.05, 0) is 28.8 Å². The second-order valence-electron chi connectivity index (χ2n) is 8.24. The van der Waals surface area contributed by atoms with Crippen LogP contribution in [-0.2, 0) is 10.0 Å². The lowest BCUT2D eigenvalue weighted by atomic mass is 10.4. The van der Waals surface area contributed by atoms with Gasteiger partial charge in [-0.2, -0.15) is 12.6 Å². The van der Waals surface area contributed by atoms with Crippen molar-refractivity contribution in [2.45, 2.75) is 4.90 Å². The van der Waals surface area contributed by atoms with Crippen LogP contribution in [0.5, 0.6) is 0 Å². The van der Waals surface area contributed by atoms with Crippen LogP contribution in [0.25, 0.3) is 0 Å². The highest BCUT2D eigenvalue weighted by Crippen LogP contribution is 2.75. The molecule has 0 spiro atoms. The normalized spacial score (nSPS) is 13.1. The van der Waals surface area contributed by atoms with Gasteiger partial charge in [0.15, 0.2) is 0 Å². The van der Waals surface area contributed by atoms with Crippen molar-refractivity contribution in [1.82, 2.24) is 0 Å². The monoisotopic (exact) mass is 603 g/mol. The van der Waals surface area contributed by atoms with Crippen LogP contribution in [0.2, 0.25) is 0 Å². The maximum Gasteiger partial charge on any atom is 0.281 e. The van der Waals surface area contributed by atoms with Gasteiger partial charge < -0.3 is 0 Å². The van der Waals surface area contributed by atoms with E-state index in [2.05, 4.69) is 40.2 Å². The molecule has 0 aromatic heterocycles.